The van der Waals surface area contributed by atoms with Crippen LogP contribution in [0.25, 0.3) is 0 Å². The van der Waals surface area contributed by atoms with Crippen molar-refractivity contribution in [2.24, 2.45) is 5.92 Å². The molecule has 0 spiro atoms. The Hall–Kier alpha value is -1.55. The maximum absolute atomic E-state index is 12.1. The molecular weight excluding hydrogens is 264 g/mol. The highest BCUT2D eigenvalue weighted by atomic mass is 16.5. The van der Waals surface area contributed by atoms with E-state index >= 15 is 0 Å². The van der Waals surface area contributed by atoms with Crippen LogP contribution in [0.3, 0.4) is 0 Å². The van der Waals surface area contributed by atoms with Gasteiger partial charge in [-0.25, -0.2) is 0 Å². The Labute approximate surface area is 127 Å². The zero-order chi connectivity index (χ0) is 15.1. The van der Waals surface area contributed by atoms with Crippen molar-refractivity contribution in [3.8, 4) is 5.75 Å². The number of benzene rings is 1. The summed E-state index contributed by atoms with van der Waals surface area (Å²) < 4.78 is 5.34. The molecule has 2 rings (SSSR count). The van der Waals surface area contributed by atoms with Crippen molar-refractivity contribution in [1.82, 2.24) is 10.2 Å². The lowest BCUT2D eigenvalue weighted by Gasteiger charge is -2.28. The molecule has 4 nitrogen and oxygen atoms in total. The highest BCUT2D eigenvalue weighted by Gasteiger charge is 2.23. The fraction of sp³-hybridized carbons (Fsp3) is 0.588. The van der Waals surface area contributed by atoms with Gasteiger partial charge in [0, 0.05) is 13.1 Å². The van der Waals surface area contributed by atoms with Gasteiger partial charge in [-0.15, -0.1) is 0 Å². The first kappa shape index (κ1) is 15.8. The Morgan fingerprint density at radius 2 is 2.24 bits per heavy atom. The van der Waals surface area contributed by atoms with Crippen LogP contribution in [0.15, 0.2) is 24.3 Å². The molecule has 0 bridgehead atoms. The van der Waals surface area contributed by atoms with Crippen molar-refractivity contribution in [1.29, 1.82) is 0 Å². The predicted molar refractivity (Wildman–Crippen MR) is 84.5 cm³/mol. The molecule has 0 aromatic heterocycles. The largest absolute Gasteiger partial charge is 0.496 e. The normalized spacial score (nSPS) is 19.2. The average Bonchev–Trinajstić information content (AvgIpc) is 2.51. The van der Waals surface area contributed by atoms with Crippen LogP contribution in [0.4, 0.5) is 0 Å². The van der Waals surface area contributed by atoms with Crippen molar-refractivity contribution in [2.45, 2.75) is 25.7 Å². The Bertz CT molecular complexity index is 462. The van der Waals surface area contributed by atoms with Crippen molar-refractivity contribution in [2.75, 3.05) is 33.8 Å². The lowest BCUT2D eigenvalue weighted by Crippen LogP contribution is -2.41. The van der Waals surface area contributed by atoms with Gasteiger partial charge in [0.2, 0.25) is 5.91 Å². The quantitative estimate of drug-likeness (QED) is 0.816. The molecule has 21 heavy (non-hydrogen) atoms. The fourth-order valence-corrected chi connectivity index (χ4v) is 2.92. The van der Waals surface area contributed by atoms with Gasteiger partial charge in [0.25, 0.3) is 0 Å². The van der Waals surface area contributed by atoms with Crippen LogP contribution in [0.5, 0.6) is 5.75 Å². The van der Waals surface area contributed by atoms with Crippen LogP contribution in [-0.4, -0.2) is 44.6 Å². The summed E-state index contributed by atoms with van der Waals surface area (Å²) in [4.78, 5) is 14.4. The van der Waals surface area contributed by atoms with Crippen molar-refractivity contribution in [3.05, 3.63) is 29.8 Å². The number of hydrogen-bond donors (Lipinski definition) is 1. The number of carbonyl (C=O) groups is 1. The molecule has 4 heteroatoms. The molecule has 1 aliphatic heterocycles. The molecule has 1 heterocycles. The molecule has 1 atom stereocenters. The van der Waals surface area contributed by atoms with E-state index in [2.05, 4.69) is 23.3 Å². The third-order valence-electron chi connectivity index (χ3n) is 4.11. The van der Waals surface area contributed by atoms with E-state index < -0.39 is 0 Å². The number of aryl methyl sites for hydroxylation is 1. The van der Waals surface area contributed by atoms with Gasteiger partial charge in [0.15, 0.2) is 0 Å². The van der Waals surface area contributed by atoms with Crippen LogP contribution in [0.1, 0.15) is 24.8 Å². The zero-order valence-corrected chi connectivity index (χ0v) is 13.1. The molecule has 1 amide bonds. The van der Waals surface area contributed by atoms with Gasteiger partial charge in [-0.3, -0.25) is 4.79 Å². The first-order valence-electron chi connectivity index (χ1n) is 7.79. The molecule has 0 aliphatic carbocycles. The number of methoxy groups -OCH3 is 1. The monoisotopic (exact) mass is 290 g/mol. The fourth-order valence-electron chi connectivity index (χ4n) is 2.92. The number of ether oxygens (including phenoxy) is 1. The summed E-state index contributed by atoms with van der Waals surface area (Å²) in [6.45, 7) is 2.73. The summed E-state index contributed by atoms with van der Waals surface area (Å²) in [5.41, 5.74) is 1.20. The summed E-state index contributed by atoms with van der Waals surface area (Å²) >= 11 is 0. The third-order valence-corrected chi connectivity index (χ3v) is 4.11. The standard InChI is InChI=1S/C17H26N2O2/c1-19-12-6-9-15(13-19)17(20)18-11-5-8-14-7-3-4-10-16(14)21-2/h3-4,7,10,15H,5-6,8-9,11-13H2,1-2H3,(H,18,20)/t15-/m1/s1. The molecule has 1 N–H and O–H groups in total. The molecule has 1 aromatic carbocycles. The molecule has 1 fully saturated rings. The number of nitrogens with zero attached hydrogens (tertiary/aromatic N) is 1. The van der Waals surface area contributed by atoms with E-state index in [1.54, 1.807) is 7.11 Å². The van der Waals surface area contributed by atoms with Crippen LogP contribution < -0.4 is 10.1 Å². The molecule has 0 saturated carbocycles. The Balaban J connectivity index is 1.70. The van der Waals surface area contributed by atoms with E-state index in [9.17, 15) is 4.79 Å². The molecule has 1 aromatic rings. The summed E-state index contributed by atoms with van der Waals surface area (Å²) in [6.07, 6.45) is 4.00. The smallest absolute Gasteiger partial charge is 0.224 e. The number of para-hydroxylation sites is 1. The number of likely N-dealkylation sites (tertiary alicyclic amines) is 1. The van der Waals surface area contributed by atoms with Gasteiger partial charge < -0.3 is 15.0 Å². The molecular formula is C17H26N2O2. The maximum Gasteiger partial charge on any atom is 0.224 e. The second-order valence-corrected chi connectivity index (χ2v) is 5.81. The number of hydrogen-bond acceptors (Lipinski definition) is 3. The van der Waals surface area contributed by atoms with Gasteiger partial charge in [0.05, 0.1) is 13.0 Å². The van der Waals surface area contributed by atoms with Gasteiger partial charge in [-0.2, -0.15) is 0 Å². The molecule has 1 saturated heterocycles. The first-order chi connectivity index (χ1) is 10.2. The zero-order valence-electron chi connectivity index (χ0n) is 13.1. The van der Waals surface area contributed by atoms with Crippen molar-refractivity contribution >= 4 is 5.91 Å². The van der Waals surface area contributed by atoms with E-state index in [1.165, 1.54) is 5.56 Å². The lowest BCUT2D eigenvalue weighted by molar-refractivity contribution is -0.126. The van der Waals surface area contributed by atoms with Gasteiger partial charge in [-0.1, -0.05) is 18.2 Å². The van der Waals surface area contributed by atoms with E-state index in [1.807, 2.05) is 18.2 Å². The minimum atomic E-state index is 0.162. The first-order valence-corrected chi connectivity index (χ1v) is 7.79. The highest BCUT2D eigenvalue weighted by Crippen LogP contribution is 2.19. The van der Waals surface area contributed by atoms with Crippen LogP contribution in [-0.2, 0) is 11.2 Å². The van der Waals surface area contributed by atoms with E-state index in [0.29, 0.717) is 0 Å². The van der Waals surface area contributed by atoms with Gasteiger partial charge in [0.1, 0.15) is 5.75 Å². The predicted octanol–water partition coefficient (Wildman–Crippen LogP) is 2.09. The topological polar surface area (TPSA) is 41.6 Å². The SMILES string of the molecule is COc1ccccc1CCCNC(=O)[C@@H]1CCCN(C)C1. The summed E-state index contributed by atoms with van der Waals surface area (Å²) in [7, 11) is 3.78. The highest BCUT2D eigenvalue weighted by molar-refractivity contribution is 5.78. The van der Waals surface area contributed by atoms with Gasteiger partial charge in [-0.05, 0) is 50.9 Å². The Morgan fingerprint density at radius 1 is 1.43 bits per heavy atom. The van der Waals surface area contributed by atoms with E-state index in [4.69, 9.17) is 4.74 Å². The summed E-state index contributed by atoms with van der Waals surface area (Å²) in [5.74, 6) is 1.30. The number of rotatable bonds is 6. The number of nitrogens with one attached hydrogen (secondary N) is 1. The summed E-state index contributed by atoms with van der Waals surface area (Å²) in [6, 6.07) is 8.06. The number of amides is 1. The molecule has 1 aliphatic rings. The molecule has 0 unspecified atom stereocenters. The number of piperidine rings is 1. The Kier molecular flexibility index (Phi) is 6.05. The van der Waals surface area contributed by atoms with Crippen molar-refractivity contribution < 1.29 is 9.53 Å². The van der Waals surface area contributed by atoms with Crippen molar-refractivity contribution in [3.63, 3.8) is 0 Å². The minimum absolute atomic E-state index is 0.162. The number of carbonyl (C=O) groups excluding carboxylic acids is 1. The Morgan fingerprint density at radius 3 is 3.00 bits per heavy atom. The molecule has 116 valence electrons. The second-order valence-electron chi connectivity index (χ2n) is 5.81. The van der Waals surface area contributed by atoms with Crippen LogP contribution in [0.2, 0.25) is 0 Å². The van der Waals surface area contributed by atoms with Crippen LogP contribution in [0, 0.1) is 5.92 Å². The minimum Gasteiger partial charge on any atom is -0.496 e. The third kappa shape index (κ3) is 4.74. The van der Waals surface area contributed by atoms with Gasteiger partial charge >= 0.3 is 0 Å². The maximum atomic E-state index is 12.1. The molecule has 0 radical (unpaired) electrons. The van der Waals surface area contributed by atoms with Crippen LogP contribution >= 0.6 is 0 Å². The summed E-state index contributed by atoms with van der Waals surface area (Å²) in [5, 5.41) is 3.07. The second kappa shape index (κ2) is 8.03. The average molecular weight is 290 g/mol. The lowest BCUT2D eigenvalue weighted by atomic mass is 9.97. The van der Waals surface area contributed by atoms with E-state index in [-0.39, 0.29) is 11.8 Å². The van der Waals surface area contributed by atoms with E-state index in [0.717, 1.165) is 51.1 Å².